The van der Waals surface area contributed by atoms with Gasteiger partial charge in [-0.15, -0.1) is 0 Å². The number of nitriles is 1. The summed E-state index contributed by atoms with van der Waals surface area (Å²) >= 11 is 0. The summed E-state index contributed by atoms with van der Waals surface area (Å²) in [5.74, 6) is -0.832. The van der Waals surface area contributed by atoms with E-state index in [9.17, 15) is 28.6 Å². The van der Waals surface area contributed by atoms with Crippen molar-refractivity contribution in [2.45, 2.75) is 12.5 Å². The van der Waals surface area contributed by atoms with Crippen molar-refractivity contribution in [3.8, 4) is 23.0 Å². The number of carbonyl (C=O) groups is 1. The maximum absolute atomic E-state index is 12.7. The fourth-order valence-electron chi connectivity index (χ4n) is 3.65. The van der Waals surface area contributed by atoms with Crippen LogP contribution in [0.4, 0.5) is 5.69 Å². The number of para-hydroxylation sites is 1. The van der Waals surface area contributed by atoms with Crippen molar-refractivity contribution in [3.05, 3.63) is 82.0 Å². The zero-order valence-corrected chi connectivity index (χ0v) is 18.6. The molecule has 1 aliphatic heterocycles. The average molecular weight is 478 g/mol. The molecule has 1 N–H and O–H groups in total. The van der Waals surface area contributed by atoms with Crippen LogP contribution in [0.5, 0.6) is 0 Å². The first-order chi connectivity index (χ1) is 16.3. The molecule has 1 atom stereocenters. The fraction of sp³-hybridized carbons (Fsp3) is 0.174. The van der Waals surface area contributed by atoms with E-state index in [1.165, 1.54) is 18.2 Å². The van der Waals surface area contributed by atoms with Crippen LogP contribution in [0.15, 0.2) is 66.4 Å². The Balaban J connectivity index is 1.72. The molecule has 1 aromatic heterocycles. The van der Waals surface area contributed by atoms with Crippen molar-refractivity contribution < 1.29 is 18.1 Å². The number of sulfone groups is 1. The number of amides is 1. The Morgan fingerprint density at radius 2 is 1.91 bits per heavy atom. The summed E-state index contributed by atoms with van der Waals surface area (Å²) in [6, 6.07) is 16.3. The van der Waals surface area contributed by atoms with Crippen LogP contribution in [-0.4, -0.2) is 46.6 Å². The van der Waals surface area contributed by atoms with Crippen LogP contribution in [0.3, 0.4) is 0 Å². The molecular formula is C23H19N5O5S. The fourth-order valence-corrected chi connectivity index (χ4v) is 5.32. The number of nitro groups is 1. The van der Waals surface area contributed by atoms with Crippen molar-refractivity contribution in [1.82, 2.24) is 15.1 Å². The van der Waals surface area contributed by atoms with Gasteiger partial charge in [-0.3, -0.25) is 14.9 Å². The number of hydrogen-bond donors (Lipinski definition) is 1. The van der Waals surface area contributed by atoms with Gasteiger partial charge >= 0.3 is 0 Å². The molecule has 11 heteroatoms. The SMILES string of the molecule is N#CC(=Cc1cn(-c2ccccc2)nc1-c1ccc([N+](=O)[O-])cc1)C(=O)NC1CCS(=O)(=O)C1. The van der Waals surface area contributed by atoms with Gasteiger partial charge in [-0.25, -0.2) is 13.1 Å². The van der Waals surface area contributed by atoms with E-state index in [2.05, 4.69) is 10.4 Å². The van der Waals surface area contributed by atoms with E-state index in [1.807, 2.05) is 36.4 Å². The van der Waals surface area contributed by atoms with Crippen LogP contribution in [0, 0.1) is 21.4 Å². The van der Waals surface area contributed by atoms with Gasteiger partial charge in [-0.2, -0.15) is 10.4 Å². The second kappa shape index (κ2) is 9.29. The lowest BCUT2D eigenvalue weighted by molar-refractivity contribution is -0.384. The molecular weight excluding hydrogens is 458 g/mol. The van der Waals surface area contributed by atoms with Gasteiger partial charge in [0.05, 0.1) is 22.1 Å². The van der Waals surface area contributed by atoms with Gasteiger partial charge in [0.15, 0.2) is 9.84 Å². The Morgan fingerprint density at radius 3 is 2.50 bits per heavy atom. The highest BCUT2D eigenvalue weighted by atomic mass is 32.2. The van der Waals surface area contributed by atoms with E-state index in [0.717, 1.165) is 5.69 Å². The summed E-state index contributed by atoms with van der Waals surface area (Å²) in [5.41, 5.74) is 1.88. The molecule has 1 fully saturated rings. The number of hydrogen-bond acceptors (Lipinski definition) is 7. The quantitative estimate of drug-likeness (QED) is 0.248. The lowest BCUT2D eigenvalue weighted by Gasteiger charge is -2.09. The molecule has 10 nitrogen and oxygen atoms in total. The van der Waals surface area contributed by atoms with E-state index in [1.54, 1.807) is 23.0 Å². The summed E-state index contributed by atoms with van der Waals surface area (Å²) in [4.78, 5) is 23.2. The highest BCUT2D eigenvalue weighted by Crippen LogP contribution is 2.27. The number of nitro benzene ring substituents is 1. The predicted molar refractivity (Wildman–Crippen MR) is 124 cm³/mol. The van der Waals surface area contributed by atoms with E-state index < -0.39 is 26.7 Å². The number of rotatable bonds is 6. The molecule has 1 saturated heterocycles. The number of nitrogens with zero attached hydrogens (tertiary/aromatic N) is 4. The molecule has 0 saturated carbocycles. The zero-order valence-electron chi connectivity index (χ0n) is 17.8. The van der Waals surface area contributed by atoms with Crippen molar-refractivity contribution in [1.29, 1.82) is 5.26 Å². The number of benzene rings is 2. The molecule has 1 aliphatic rings. The van der Waals surface area contributed by atoms with E-state index in [-0.39, 0.29) is 22.8 Å². The summed E-state index contributed by atoms with van der Waals surface area (Å²) < 4.78 is 24.9. The molecule has 0 spiro atoms. The average Bonchev–Trinajstić information content (AvgIpc) is 3.40. The second-order valence-corrected chi connectivity index (χ2v) is 9.99. The summed E-state index contributed by atoms with van der Waals surface area (Å²) in [5, 5.41) is 27.8. The third kappa shape index (κ3) is 5.02. The number of aromatic nitrogens is 2. The van der Waals surface area contributed by atoms with Gasteiger partial charge in [0, 0.05) is 35.5 Å². The van der Waals surface area contributed by atoms with Gasteiger partial charge in [-0.1, -0.05) is 18.2 Å². The largest absolute Gasteiger partial charge is 0.348 e. The Kier molecular flexibility index (Phi) is 6.25. The first kappa shape index (κ1) is 22.9. The Labute approximate surface area is 195 Å². The first-order valence-electron chi connectivity index (χ1n) is 10.3. The van der Waals surface area contributed by atoms with Crippen molar-refractivity contribution in [2.24, 2.45) is 0 Å². The summed E-state index contributed by atoms with van der Waals surface area (Å²) in [7, 11) is -3.19. The molecule has 4 rings (SSSR count). The van der Waals surface area contributed by atoms with Gasteiger partial charge in [0.1, 0.15) is 17.3 Å². The van der Waals surface area contributed by atoms with E-state index in [4.69, 9.17) is 0 Å². The Bertz CT molecular complexity index is 1420. The Hall–Kier alpha value is -4.30. The topological polar surface area (TPSA) is 148 Å². The van der Waals surface area contributed by atoms with Crippen LogP contribution in [0.2, 0.25) is 0 Å². The van der Waals surface area contributed by atoms with Gasteiger partial charge in [0.2, 0.25) is 0 Å². The smallest absolute Gasteiger partial charge is 0.269 e. The van der Waals surface area contributed by atoms with Crippen LogP contribution in [0.1, 0.15) is 12.0 Å². The molecule has 1 amide bonds. The van der Waals surface area contributed by atoms with Crippen molar-refractivity contribution in [2.75, 3.05) is 11.5 Å². The molecule has 0 aliphatic carbocycles. The maximum atomic E-state index is 12.7. The number of non-ortho nitro benzene ring substituents is 1. The minimum absolute atomic E-state index is 0.00230. The lowest BCUT2D eigenvalue weighted by atomic mass is 10.1. The highest BCUT2D eigenvalue weighted by molar-refractivity contribution is 7.91. The molecule has 3 aromatic rings. The molecule has 1 unspecified atom stereocenters. The first-order valence-corrected chi connectivity index (χ1v) is 12.1. The van der Waals surface area contributed by atoms with Crippen LogP contribution >= 0.6 is 0 Å². The standard InChI is InChI=1S/C23H19N5O5S/c24-13-17(23(29)25-19-10-11-34(32,33)15-19)12-18-14-27(20-4-2-1-3-5-20)26-22(18)16-6-8-21(9-7-16)28(30)31/h1-9,12,14,19H,10-11,15H2,(H,25,29). The van der Waals surface area contributed by atoms with Gasteiger partial charge in [-0.05, 0) is 36.8 Å². The number of carbonyl (C=O) groups excluding carboxylic acids is 1. The minimum Gasteiger partial charge on any atom is -0.348 e. The van der Waals surface area contributed by atoms with Crippen LogP contribution in [0.25, 0.3) is 23.0 Å². The highest BCUT2D eigenvalue weighted by Gasteiger charge is 2.29. The van der Waals surface area contributed by atoms with Crippen molar-refractivity contribution in [3.63, 3.8) is 0 Å². The minimum atomic E-state index is -3.19. The van der Waals surface area contributed by atoms with Crippen LogP contribution < -0.4 is 5.32 Å². The number of nitrogens with one attached hydrogen (secondary N) is 1. The normalized spacial score (nSPS) is 17.1. The summed E-state index contributed by atoms with van der Waals surface area (Å²) in [6.45, 7) is 0. The van der Waals surface area contributed by atoms with Gasteiger partial charge < -0.3 is 5.32 Å². The zero-order chi connectivity index (χ0) is 24.3. The molecule has 34 heavy (non-hydrogen) atoms. The molecule has 0 bridgehead atoms. The predicted octanol–water partition coefficient (Wildman–Crippen LogP) is 2.66. The monoisotopic (exact) mass is 477 g/mol. The Morgan fingerprint density at radius 1 is 1.21 bits per heavy atom. The van der Waals surface area contributed by atoms with E-state index in [0.29, 0.717) is 23.2 Å². The van der Waals surface area contributed by atoms with Crippen LogP contribution in [-0.2, 0) is 14.6 Å². The molecule has 172 valence electrons. The van der Waals surface area contributed by atoms with Gasteiger partial charge in [0.25, 0.3) is 11.6 Å². The third-order valence-electron chi connectivity index (χ3n) is 5.35. The second-order valence-electron chi connectivity index (χ2n) is 7.76. The van der Waals surface area contributed by atoms with E-state index >= 15 is 0 Å². The molecule has 0 radical (unpaired) electrons. The lowest BCUT2D eigenvalue weighted by Crippen LogP contribution is -2.36. The summed E-state index contributed by atoms with van der Waals surface area (Å²) in [6.07, 6.45) is 3.32. The third-order valence-corrected chi connectivity index (χ3v) is 7.12. The maximum Gasteiger partial charge on any atom is 0.269 e. The molecule has 2 aromatic carbocycles. The molecule has 2 heterocycles. The van der Waals surface area contributed by atoms with Crippen molar-refractivity contribution >= 4 is 27.5 Å².